The third-order valence-electron chi connectivity index (χ3n) is 3.45. The summed E-state index contributed by atoms with van der Waals surface area (Å²) in [6, 6.07) is 17.5. The summed E-state index contributed by atoms with van der Waals surface area (Å²) in [6.45, 7) is 0.152. The maximum absolute atomic E-state index is 9.48. The van der Waals surface area contributed by atoms with Crippen molar-refractivity contribution in [2.24, 2.45) is 0 Å². The van der Waals surface area contributed by atoms with Crippen molar-refractivity contribution in [3.05, 3.63) is 65.7 Å². The van der Waals surface area contributed by atoms with Gasteiger partial charge >= 0.3 is 0 Å². The van der Waals surface area contributed by atoms with Crippen molar-refractivity contribution < 1.29 is 10.2 Å². The third-order valence-corrected chi connectivity index (χ3v) is 3.45. The second kappa shape index (κ2) is 6.95. The van der Waals surface area contributed by atoms with Crippen molar-refractivity contribution in [3.63, 3.8) is 0 Å². The van der Waals surface area contributed by atoms with Crippen LogP contribution < -0.4 is 0 Å². The van der Waals surface area contributed by atoms with Gasteiger partial charge in [-0.2, -0.15) is 0 Å². The number of rotatable bonds is 6. The minimum atomic E-state index is 0.152. The van der Waals surface area contributed by atoms with Gasteiger partial charge in [-0.05, 0) is 42.5 Å². The second-order valence-electron chi connectivity index (χ2n) is 4.85. The fraction of sp³-hybridized carbons (Fsp3) is 0.294. The Labute approximate surface area is 114 Å². The molecule has 2 nitrogen and oxygen atoms in total. The van der Waals surface area contributed by atoms with Gasteiger partial charge in [-0.1, -0.05) is 42.5 Å². The van der Waals surface area contributed by atoms with Crippen LogP contribution in [0, 0.1) is 0 Å². The van der Waals surface area contributed by atoms with Gasteiger partial charge in [0, 0.05) is 12.5 Å². The topological polar surface area (TPSA) is 40.5 Å². The number of phenolic OH excluding ortho intramolecular Hbond substituents is 1. The summed E-state index contributed by atoms with van der Waals surface area (Å²) in [6.07, 6.45) is 3.04. The van der Waals surface area contributed by atoms with E-state index in [0.717, 1.165) is 24.8 Å². The highest BCUT2D eigenvalue weighted by Crippen LogP contribution is 2.23. The van der Waals surface area contributed by atoms with Gasteiger partial charge in [0.1, 0.15) is 5.75 Å². The van der Waals surface area contributed by atoms with Crippen LogP contribution in [0.4, 0.5) is 0 Å². The molecule has 0 fully saturated rings. The maximum Gasteiger partial charge on any atom is 0.115 e. The SMILES string of the molecule is OCC(CCCc1ccccc1)c1ccc(O)cc1. The molecule has 0 aliphatic carbocycles. The summed E-state index contributed by atoms with van der Waals surface area (Å²) in [5.74, 6) is 0.425. The van der Waals surface area contributed by atoms with Crippen LogP contribution in [0.2, 0.25) is 0 Å². The zero-order valence-electron chi connectivity index (χ0n) is 11.0. The number of aliphatic hydroxyl groups excluding tert-OH is 1. The highest BCUT2D eigenvalue weighted by molar-refractivity contribution is 5.28. The Morgan fingerprint density at radius 1 is 0.895 bits per heavy atom. The van der Waals surface area contributed by atoms with Crippen LogP contribution in [0.15, 0.2) is 54.6 Å². The van der Waals surface area contributed by atoms with Crippen LogP contribution in [-0.4, -0.2) is 16.8 Å². The molecule has 0 aliphatic rings. The molecule has 2 rings (SSSR count). The van der Waals surface area contributed by atoms with Gasteiger partial charge in [0.25, 0.3) is 0 Å². The van der Waals surface area contributed by atoms with Gasteiger partial charge in [0.05, 0.1) is 0 Å². The summed E-state index contributed by atoms with van der Waals surface area (Å²) in [5, 5.41) is 18.8. The number of benzene rings is 2. The van der Waals surface area contributed by atoms with Crippen molar-refractivity contribution in [1.29, 1.82) is 0 Å². The molecule has 2 aromatic rings. The Morgan fingerprint density at radius 3 is 2.21 bits per heavy atom. The number of phenols is 1. The van der Waals surface area contributed by atoms with E-state index < -0.39 is 0 Å². The molecule has 0 heterocycles. The summed E-state index contributed by atoms with van der Waals surface area (Å²) in [7, 11) is 0. The zero-order chi connectivity index (χ0) is 13.5. The van der Waals surface area contributed by atoms with E-state index in [4.69, 9.17) is 0 Å². The molecule has 100 valence electrons. The maximum atomic E-state index is 9.48. The quantitative estimate of drug-likeness (QED) is 0.830. The Morgan fingerprint density at radius 2 is 1.58 bits per heavy atom. The molecular weight excluding hydrogens is 236 g/mol. The van der Waals surface area contributed by atoms with E-state index in [-0.39, 0.29) is 18.3 Å². The molecule has 2 N–H and O–H groups in total. The fourth-order valence-electron chi connectivity index (χ4n) is 2.31. The van der Waals surface area contributed by atoms with Crippen molar-refractivity contribution in [1.82, 2.24) is 0 Å². The Balaban J connectivity index is 1.87. The fourth-order valence-corrected chi connectivity index (χ4v) is 2.31. The molecule has 19 heavy (non-hydrogen) atoms. The van der Waals surface area contributed by atoms with Crippen molar-refractivity contribution in [2.45, 2.75) is 25.2 Å². The van der Waals surface area contributed by atoms with E-state index in [9.17, 15) is 10.2 Å². The van der Waals surface area contributed by atoms with Crippen LogP contribution in [0.25, 0.3) is 0 Å². The number of aliphatic hydroxyl groups is 1. The highest BCUT2D eigenvalue weighted by Gasteiger charge is 2.10. The zero-order valence-corrected chi connectivity index (χ0v) is 11.0. The molecule has 0 amide bonds. The molecule has 0 saturated heterocycles. The summed E-state index contributed by atoms with van der Waals surface area (Å²) in [5.41, 5.74) is 2.43. The second-order valence-corrected chi connectivity index (χ2v) is 4.85. The summed E-state index contributed by atoms with van der Waals surface area (Å²) in [4.78, 5) is 0. The van der Waals surface area contributed by atoms with Gasteiger partial charge in [0.2, 0.25) is 0 Å². The molecule has 0 aromatic heterocycles. The minimum Gasteiger partial charge on any atom is -0.508 e. The van der Waals surface area contributed by atoms with Crippen LogP contribution in [-0.2, 0) is 6.42 Å². The predicted octanol–water partition coefficient (Wildman–Crippen LogP) is 3.49. The average Bonchev–Trinajstić information content (AvgIpc) is 2.46. The van der Waals surface area contributed by atoms with Gasteiger partial charge in [-0.15, -0.1) is 0 Å². The molecule has 0 spiro atoms. The predicted molar refractivity (Wildman–Crippen MR) is 77.3 cm³/mol. The van der Waals surface area contributed by atoms with Crippen LogP contribution >= 0.6 is 0 Å². The van der Waals surface area contributed by atoms with E-state index in [0.29, 0.717) is 0 Å². The van der Waals surface area contributed by atoms with Crippen molar-refractivity contribution in [2.75, 3.05) is 6.61 Å². The van der Waals surface area contributed by atoms with Crippen molar-refractivity contribution in [3.8, 4) is 5.75 Å². The Hall–Kier alpha value is -1.80. The average molecular weight is 256 g/mol. The Kier molecular flexibility index (Phi) is 4.99. The monoisotopic (exact) mass is 256 g/mol. The first-order chi connectivity index (χ1) is 9.29. The lowest BCUT2D eigenvalue weighted by molar-refractivity contribution is 0.257. The standard InChI is InChI=1S/C17H20O2/c18-13-16(15-9-11-17(19)12-10-15)8-4-7-14-5-2-1-3-6-14/h1-3,5-6,9-12,16,18-19H,4,7-8,13H2. The first-order valence-corrected chi connectivity index (χ1v) is 6.73. The van der Waals surface area contributed by atoms with Gasteiger partial charge in [-0.25, -0.2) is 0 Å². The molecular formula is C17H20O2. The molecule has 0 aliphatic heterocycles. The van der Waals surface area contributed by atoms with E-state index >= 15 is 0 Å². The van der Waals surface area contributed by atoms with Gasteiger partial charge < -0.3 is 10.2 Å². The molecule has 1 atom stereocenters. The number of aryl methyl sites for hydroxylation is 1. The van der Waals surface area contributed by atoms with Gasteiger partial charge in [0.15, 0.2) is 0 Å². The lowest BCUT2D eigenvalue weighted by atomic mass is 9.93. The number of aromatic hydroxyl groups is 1. The largest absolute Gasteiger partial charge is 0.508 e. The van der Waals surface area contributed by atoms with E-state index in [2.05, 4.69) is 24.3 Å². The first kappa shape index (κ1) is 13.6. The van der Waals surface area contributed by atoms with Crippen LogP contribution in [0.3, 0.4) is 0 Å². The van der Waals surface area contributed by atoms with E-state index in [1.165, 1.54) is 5.56 Å². The van der Waals surface area contributed by atoms with Crippen LogP contribution in [0.1, 0.15) is 29.9 Å². The molecule has 0 radical (unpaired) electrons. The third kappa shape index (κ3) is 4.11. The number of hydrogen-bond acceptors (Lipinski definition) is 2. The highest BCUT2D eigenvalue weighted by atomic mass is 16.3. The minimum absolute atomic E-state index is 0.152. The van der Waals surface area contributed by atoms with Crippen molar-refractivity contribution >= 4 is 0 Å². The van der Waals surface area contributed by atoms with Crippen LogP contribution in [0.5, 0.6) is 5.75 Å². The smallest absolute Gasteiger partial charge is 0.115 e. The normalized spacial score (nSPS) is 12.3. The number of hydrogen-bond donors (Lipinski definition) is 2. The Bertz CT molecular complexity index is 476. The molecule has 2 aromatic carbocycles. The van der Waals surface area contributed by atoms with E-state index in [1.54, 1.807) is 12.1 Å². The summed E-state index contributed by atoms with van der Waals surface area (Å²) >= 11 is 0. The lowest BCUT2D eigenvalue weighted by Crippen LogP contribution is -2.04. The lowest BCUT2D eigenvalue weighted by Gasteiger charge is -2.14. The van der Waals surface area contributed by atoms with Gasteiger partial charge in [-0.3, -0.25) is 0 Å². The molecule has 1 unspecified atom stereocenters. The summed E-state index contributed by atoms with van der Waals surface area (Å²) < 4.78 is 0. The molecule has 0 saturated carbocycles. The van der Waals surface area contributed by atoms with E-state index in [1.807, 2.05) is 18.2 Å². The molecule has 2 heteroatoms. The molecule has 0 bridgehead atoms. The first-order valence-electron chi connectivity index (χ1n) is 6.73.